The van der Waals surface area contributed by atoms with Crippen LogP contribution in [0.3, 0.4) is 0 Å². The predicted octanol–water partition coefficient (Wildman–Crippen LogP) is 1.94. The van der Waals surface area contributed by atoms with E-state index in [2.05, 4.69) is 24.1 Å². The van der Waals surface area contributed by atoms with Gasteiger partial charge in [0, 0.05) is 19.5 Å². The summed E-state index contributed by atoms with van der Waals surface area (Å²) in [7, 11) is 3.60. The maximum Gasteiger partial charge on any atom is 0.225 e. The number of nitrogens with zero attached hydrogens (tertiary/aromatic N) is 1. The number of rotatable bonds is 8. The molecule has 1 aromatic rings. The number of hydrogen-bond donors (Lipinski definition) is 2. The van der Waals surface area contributed by atoms with Gasteiger partial charge in [-0.05, 0) is 31.1 Å². The van der Waals surface area contributed by atoms with Gasteiger partial charge in [-0.3, -0.25) is 4.79 Å². The van der Waals surface area contributed by atoms with Crippen molar-refractivity contribution in [2.24, 2.45) is 11.1 Å². The summed E-state index contributed by atoms with van der Waals surface area (Å²) >= 11 is 0. The standard InChI is InChI=1S/C16H27N3O2/c1-16(2,11-17)12-19(3)10-9-15(20)18-13-7-5-6-8-14(13)21-4/h5-8H,9-12,17H2,1-4H3,(H,18,20). The zero-order chi connectivity index (χ0) is 15.9. The molecule has 21 heavy (non-hydrogen) atoms. The van der Waals surface area contributed by atoms with Crippen molar-refractivity contribution in [1.29, 1.82) is 0 Å². The van der Waals surface area contributed by atoms with Crippen molar-refractivity contribution < 1.29 is 9.53 Å². The molecule has 0 bridgehead atoms. The van der Waals surface area contributed by atoms with Crippen LogP contribution in [0.1, 0.15) is 20.3 Å². The van der Waals surface area contributed by atoms with Crippen molar-refractivity contribution in [3.05, 3.63) is 24.3 Å². The van der Waals surface area contributed by atoms with Gasteiger partial charge in [0.2, 0.25) is 5.91 Å². The van der Waals surface area contributed by atoms with Gasteiger partial charge in [0.1, 0.15) is 5.75 Å². The molecule has 0 saturated carbocycles. The van der Waals surface area contributed by atoms with Crippen LogP contribution in [0.25, 0.3) is 0 Å². The van der Waals surface area contributed by atoms with E-state index < -0.39 is 0 Å². The number of anilines is 1. The molecule has 0 unspecified atom stereocenters. The Morgan fingerprint density at radius 1 is 1.38 bits per heavy atom. The number of nitrogens with two attached hydrogens (primary N) is 1. The second kappa shape index (κ2) is 8.00. The Hall–Kier alpha value is -1.59. The van der Waals surface area contributed by atoms with Crippen molar-refractivity contribution >= 4 is 11.6 Å². The molecular weight excluding hydrogens is 266 g/mol. The predicted molar refractivity (Wildman–Crippen MR) is 86.6 cm³/mol. The van der Waals surface area contributed by atoms with E-state index >= 15 is 0 Å². The zero-order valence-corrected chi connectivity index (χ0v) is 13.5. The maximum absolute atomic E-state index is 12.0. The fraction of sp³-hybridized carbons (Fsp3) is 0.562. The number of benzene rings is 1. The highest BCUT2D eigenvalue weighted by Gasteiger charge is 2.18. The molecule has 0 aliphatic carbocycles. The van der Waals surface area contributed by atoms with Crippen LogP contribution in [0.4, 0.5) is 5.69 Å². The van der Waals surface area contributed by atoms with Crippen molar-refractivity contribution in [2.75, 3.05) is 39.1 Å². The summed E-state index contributed by atoms with van der Waals surface area (Å²) in [6.45, 7) is 6.44. The lowest BCUT2D eigenvalue weighted by Crippen LogP contribution is -2.37. The van der Waals surface area contributed by atoms with Gasteiger partial charge in [0.15, 0.2) is 0 Å². The molecule has 0 spiro atoms. The normalized spacial score (nSPS) is 11.5. The smallest absolute Gasteiger partial charge is 0.225 e. The van der Waals surface area contributed by atoms with Crippen molar-refractivity contribution in [3.8, 4) is 5.75 Å². The van der Waals surface area contributed by atoms with Gasteiger partial charge in [0.05, 0.1) is 12.8 Å². The average molecular weight is 293 g/mol. The summed E-state index contributed by atoms with van der Waals surface area (Å²) in [6.07, 6.45) is 0.440. The molecule has 0 aromatic heterocycles. The topological polar surface area (TPSA) is 67.6 Å². The van der Waals surface area contributed by atoms with Gasteiger partial charge >= 0.3 is 0 Å². The average Bonchev–Trinajstić information content (AvgIpc) is 2.45. The third-order valence-electron chi connectivity index (χ3n) is 3.35. The highest BCUT2D eigenvalue weighted by Crippen LogP contribution is 2.23. The first-order valence-corrected chi connectivity index (χ1v) is 7.19. The van der Waals surface area contributed by atoms with E-state index in [9.17, 15) is 4.79 Å². The maximum atomic E-state index is 12.0. The third kappa shape index (κ3) is 6.14. The Balaban J connectivity index is 2.44. The van der Waals surface area contributed by atoms with Crippen molar-refractivity contribution in [3.63, 3.8) is 0 Å². The molecule has 0 fully saturated rings. The van der Waals surface area contributed by atoms with Crippen LogP contribution in [-0.2, 0) is 4.79 Å². The van der Waals surface area contributed by atoms with Crippen LogP contribution in [0.5, 0.6) is 5.75 Å². The van der Waals surface area contributed by atoms with E-state index in [0.29, 0.717) is 30.9 Å². The van der Waals surface area contributed by atoms with Crippen LogP contribution in [0.2, 0.25) is 0 Å². The Kier molecular flexibility index (Phi) is 6.65. The van der Waals surface area contributed by atoms with Crippen molar-refractivity contribution in [1.82, 2.24) is 4.90 Å². The van der Waals surface area contributed by atoms with Gasteiger partial charge in [-0.25, -0.2) is 0 Å². The minimum absolute atomic E-state index is 0.0168. The molecule has 0 radical (unpaired) electrons. The van der Waals surface area contributed by atoms with Crippen molar-refractivity contribution in [2.45, 2.75) is 20.3 Å². The summed E-state index contributed by atoms with van der Waals surface area (Å²) in [5.74, 6) is 0.653. The number of carbonyl (C=O) groups is 1. The number of amides is 1. The molecule has 0 aliphatic heterocycles. The summed E-state index contributed by atoms with van der Waals surface area (Å²) in [5.41, 5.74) is 6.49. The van der Waals surface area contributed by atoms with E-state index in [-0.39, 0.29) is 11.3 Å². The Morgan fingerprint density at radius 2 is 2.05 bits per heavy atom. The van der Waals surface area contributed by atoms with E-state index in [1.807, 2.05) is 31.3 Å². The Labute approximate surface area is 127 Å². The molecule has 5 nitrogen and oxygen atoms in total. The number of carbonyl (C=O) groups excluding carboxylic acids is 1. The molecule has 0 aliphatic rings. The fourth-order valence-electron chi connectivity index (χ4n) is 2.13. The van der Waals surface area contributed by atoms with Gasteiger partial charge in [-0.2, -0.15) is 0 Å². The van der Waals surface area contributed by atoms with Crippen LogP contribution >= 0.6 is 0 Å². The quantitative estimate of drug-likeness (QED) is 0.768. The fourth-order valence-corrected chi connectivity index (χ4v) is 2.13. The van der Waals surface area contributed by atoms with E-state index in [4.69, 9.17) is 10.5 Å². The molecule has 3 N–H and O–H groups in total. The van der Waals surface area contributed by atoms with Gasteiger partial charge in [-0.15, -0.1) is 0 Å². The first-order chi connectivity index (χ1) is 9.88. The second-order valence-electron chi connectivity index (χ2n) is 6.10. The summed E-state index contributed by atoms with van der Waals surface area (Å²) < 4.78 is 5.21. The summed E-state index contributed by atoms with van der Waals surface area (Å²) in [5, 5.41) is 2.88. The largest absolute Gasteiger partial charge is 0.495 e. The lowest BCUT2D eigenvalue weighted by atomic mass is 9.93. The van der Waals surface area contributed by atoms with Crippen LogP contribution in [-0.4, -0.2) is 44.6 Å². The Bertz CT molecular complexity index is 461. The molecule has 1 amide bonds. The number of methoxy groups -OCH3 is 1. The second-order valence-corrected chi connectivity index (χ2v) is 6.10. The molecule has 1 aromatic carbocycles. The first-order valence-electron chi connectivity index (χ1n) is 7.19. The third-order valence-corrected chi connectivity index (χ3v) is 3.35. The van der Waals surface area contributed by atoms with Gasteiger partial charge in [0.25, 0.3) is 0 Å². The molecule has 0 saturated heterocycles. The minimum atomic E-state index is -0.0168. The number of para-hydroxylation sites is 2. The molecule has 118 valence electrons. The molecule has 5 heteroatoms. The lowest BCUT2D eigenvalue weighted by Gasteiger charge is -2.28. The number of ether oxygens (including phenoxy) is 1. The van der Waals surface area contributed by atoms with Crippen LogP contribution in [0, 0.1) is 5.41 Å². The van der Waals surface area contributed by atoms with Crippen LogP contribution in [0.15, 0.2) is 24.3 Å². The monoisotopic (exact) mass is 293 g/mol. The highest BCUT2D eigenvalue weighted by molar-refractivity contribution is 5.92. The minimum Gasteiger partial charge on any atom is -0.495 e. The van der Waals surface area contributed by atoms with E-state index in [1.165, 1.54) is 0 Å². The number of hydrogen-bond acceptors (Lipinski definition) is 4. The van der Waals surface area contributed by atoms with E-state index in [0.717, 1.165) is 6.54 Å². The SMILES string of the molecule is COc1ccccc1NC(=O)CCN(C)CC(C)(C)CN. The van der Waals surface area contributed by atoms with Gasteiger partial charge < -0.3 is 20.7 Å². The van der Waals surface area contributed by atoms with Crippen LogP contribution < -0.4 is 15.8 Å². The summed E-state index contributed by atoms with van der Waals surface area (Å²) in [6, 6.07) is 7.40. The summed E-state index contributed by atoms with van der Waals surface area (Å²) in [4.78, 5) is 14.1. The molecule has 0 heterocycles. The Morgan fingerprint density at radius 3 is 2.67 bits per heavy atom. The molecular formula is C16H27N3O2. The molecule has 1 rings (SSSR count). The lowest BCUT2D eigenvalue weighted by molar-refractivity contribution is -0.116. The van der Waals surface area contributed by atoms with Gasteiger partial charge in [-0.1, -0.05) is 26.0 Å². The zero-order valence-electron chi connectivity index (χ0n) is 13.5. The molecule has 0 atom stereocenters. The van der Waals surface area contributed by atoms with E-state index in [1.54, 1.807) is 7.11 Å². The number of nitrogens with one attached hydrogen (secondary N) is 1. The first kappa shape index (κ1) is 17.5. The highest BCUT2D eigenvalue weighted by atomic mass is 16.5.